The minimum absolute atomic E-state index is 0.0455. The molecule has 4 aliphatic carbocycles. The van der Waals surface area contributed by atoms with Crippen LogP contribution in [0.2, 0.25) is 0 Å². The number of carboxylic acid groups (broad SMARTS) is 1. The Morgan fingerprint density at radius 2 is 1.72 bits per heavy atom. The van der Waals surface area contributed by atoms with E-state index in [0.29, 0.717) is 25.2 Å². The summed E-state index contributed by atoms with van der Waals surface area (Å²) in [7, 11) is 0. The molecule has 0 saturated heterocycles. The van der Waals surface area contributed by atoms with Crippen LogP contribution in [0.25, 0.3) is 0 Å². The lowest BCUT2D eigenvalue weighted by Crippen LogP contribution is -2.65. The molecule has 0 aromatic carbocycles. The summed E-state index contributed by atoms with van der Waals surface area (Å²) in [6, 6.07) is 0. The molecule has 4 fully saturated rings. The number of fused-ring (bicyclic) bond motifs is 5. The number of amides is 1. The standard InChI is InChI=1S/C29H49NO6/c1-5-18-21-14-17(31)10-12-28(21,3)22-15-23(32)29(4)19(7-8-20(29)26(22)27(18)36)16(2)6-9-24(33)30-13-11-25(34)35/h16-23,26-27,31-32,36H,5-15H2,1-4H3,(H,30,33)(H,34,35). The van der Waals surface area contributed by atoms with Crippen LogP contribution in [0, 0.1) is 52.3 Å². The molecule has 12 unspecified atom stereocenters. The summed E-state index contributed by atoms with van der Waals surface area (Å²) >= 11 is 0. The molecule has 36 heavy (non-hydrogen) atoms. The van der Waals surface area contributed by atoms with Gasteiger partial charge < -0.3 is 25.7 Å². The largest absolute Gasteiger partial charge is 0.481 e. The van der Waals surface area contributed by atoms with Crippen molar-refractivity contribution in [2.75, 3.05) is 6.54 Å². The second-order valence-corrected chi connectivity index (χ2v) is 13.2. The highest BCUT2D eigenvalue weighted by Gasteiger charge is 2.67. The van der Waals surface area contributed by atoms with Gasteiger partial charge in [-0.05, 0) is 97.2 Å². The minimum Gasteiger partial charge on any atom is -0.481 e. The van der Waals surface area contributed by atoms with Gasteiger partial charge in [-0.3, -0.25) is 9.59 Å². The molecule has 5 N–H and O–H groups in total. The Balaban J connectivity index is 1.50. The highest BCUT2D eigenvalue weighted by Crippen LogP contribution is 2.69. The number of carboxylic acids is 1. The van der Waals surface area contributed by atoms with Crippen LogP contribution >= 0.6 is 0 Å². The lowest BCUT2D eigenvalue weighted by Gasteiger charge is -2.65. The van der Waals surface area contributed by atoms with Crippen molar-refractivity contribution in [2.45, 2.75) is 110 Å². The molecule has 0 heterocycles. The van der Waals surface area contributed by atoms with E-state index < -0.39 is 18.2 Å². The van der Waals surface area contributed by atoms with Gasteiger partial charge in [-0.15, -0.1) is 0 Å². The van der Waals surface area contributed by atoms with Crippen LogP contribution < -0.4 is 5.32 Å². The maximum Gasteiger partial charge on any atom is 0.305 e. The third-order valence-corrected chi connectivity index (χ3v) is 11.7. The van der Waals surface area contributed by atoms with Crippen molar-refractivity contribution in [3.8, 4) is 0 Å². The third-order valence-electron chi connectivity index (χ3n) is 11.7. The summed E-state index contributed by atoms with van der Waals surface area (Å²) in [6.45, 7) is 9.14. The Kier molecular flexibility index (Phi) is 8.14. The molecule has 0 aromatic heterocycles. The van der Waals surface area contributed by atoms with Crippen LogP contribution in [0.15, 0.2) is 0 Å². The average molecular weight is 508 g/mol. The molecule has 7 nitrogen and oxygen atoms in total. The van der Waals surface area contributed by atoms with Gasteiger partial charge in [0, 0.05) is 13.0 Å². The summed E-state index contributed by atoms with van der Waals surface area (Å²) < 4.78 is 0. The molecule has 4 saturated carbocycles. The SMILES string of the molecule is CCC1C(O)C2C(CC(O)C3(C)C(C(C)CCC(=O)NCCC(=O)O)CCC23)C2(C)CCC(O)CC12. The van der Waals surface area contributed by atoms with Crippen LogP contribution in [-0.4, -0.2) is 57.2 Å². The Morgan fingerprint density at radius 3 is 2.39 bits per heavy atom. The van der Waals surface area contributed by atoms with Crippen LogP contribution in [-0.2, 0) is 9.59 Å². The molecule has 7 heteroatoms. The van der Waals surface area contributed by atoms with E-state index in [1.807, 2.05) is 0 Å². The van der Waals surface area contributed by atoms with E-state index in [2.05, 4.69) is 33.0 Å². The van der Waals surface area contributed by atoms with Gasteiger partial charge in [-0.25, -0.2) is 0 Å². The molecule has 0 radical (unpaired) electrons. The molecule has 206 valence electrons. The Labute approximate surface area is 216 Å². The van der Waals surface area contributed by atoms with E-state index in [1.165, 1.54) is 0 Å². The van der Waals surface area contributed by atoms with E-state index in [-0.39, 0.29) is 71.3 Å². The second kappa shape index (κ2) is 10.5. The molecule has 4 aliphatic rings. The zero-order valence-corrected chi connectivity index (χ0v) is 22.7. The normalized spacial score (nSPS) is 46.8. The van der Waals surface area contributed by atoms with Gasteiger partial charge in [0.25, 0.3) is 0 Å². The molecule has 0 aliphatic heterocycles. The van der Waals surface area contributed by atoms with Crippen molar-refractivity contribution < 1.29 is 30.0 Å². The van der Waals surface area contributed by atoms with Crippen molar-refractivity contribution in [1.82, 2.24) is 5.32 Å². The molecule has 0 spiro atoms. The number of aliphatic hydroxyl groups is 3. The monoisotopic (exact) mass is 507 g/mol. The van der Waals surface area contributed by atoms with Crippen LogP contribution in [0.5, 0.6) is 0 Å². The van der Waals surface area contributed by atoms with Crippen molar-refractivity contribution in [1.29, 1.82) is 0 Å². The number of carbonyl (C=O) groups excluding carboxylic acids is 1. The van der Waals surface area contributed by atoms with Crippen molar-refractivity contribution in [2.24, 2.45) is 52.3 Å². The first-order chi connectivity index (χ1) is 16.9. The fourth-order valence-corrected chi connectivity index (χ4v) is 9.85. The number of hydrogen-bond donors (Lipinski definition) is 5. The summed E-state index contributed by atoms with van der Waals surface area (Å²) in [4.78, 5) is 23.0. The first-order valence-corrected chi connectivity index (χ1v) is 14.5. The number of rotatable bonds is 8. The number of aliphatic hydroxyl groups excluding tert-OH is 3. The fourth-order valence-electron chi connectivity index (χ4n) is 9.85. The van der Waals surface area contributed by atoms with Crippen molar-refractivity contribution >= 4 is 11.9 Å². The fraction of sp³-hybridized carbons (Fsp3) is 0.931. The lowest BCUT2D eigenvalue weighted by molar-refractivity contribution is -0.228. The Hall–Kier alpha value is -1.18. The molecular weight excluding hydrogens is 458 g/mol. The smallest absolute Gasteiger partial charge is 0.305 e. The second-order valence-electron chi connectivity index (χ2n) is 13.2. The predicted molar refractivity (Wildman–Crippen MR) is 137 cm³/mol. The first-order valence-electron chi connectivity index (χ1n) is 14.5. The third kappa shape index (κ3) is 4.62. The van der Waals surface area contributed by atoms with E-state index in [4.69, 9.17) is 5.11 Å². The van der Waals surface area contributed by atoms with Crippen LogP contribution in [0.4, 0.5) is 0 Å². The molecule has 12 atom stereocenters. The van der Waals surface area contributed by atoms with E-state index in [1.54, 1.807) is 0 Å². The van der Waals surface area contributed by atoms with Crippen LogP contribution in [0.1, 0.15) is 91.9 Å². The van der Waals surface area contributed by atoms with E-state index in [0.717, 1.165) is 38.5 Å². The quantitative estimate of drug-likeness (QED) is 0.342. The summed E-state index contributed by atoms with van der Waals surface area (Å²) in [5.41, 5.74) is -0.235. The summed E-state index contributed by atoms with van der Waals surface area (Å²) in [5.74, 6) is 0.718. The summed E-state index contributed by atoms with van der Waals surface area (Å²) in [6.07, 6.45) is 6.09. The maximum absolute atomic E-state index is 12.3. The minimum atomic E-state index is -0.919. The van der Waals surface area contributed by atoms with Gasteiger partial charge in [-0.2, -0.15) is 0 Å². The van der Waals surface area contributed by atoms with E-state index in [9.17, 15) is 24.9 Å². The topological polar surface area (TPSA) is 127 Å². The first kappa shape index (κ1) is 27.8. The zero-order chi connectivity index (χ0) is 26.4. The highest BCUT2D eigenvalue weighted by atomic mass is 16.4. The van der Waals surface area contributed by atoms with Gasteiger partial charge in [0.15, 0.2) is 0 Å². The van der Waals surface area contributed by atoms with Gasteiger partial charge >= 0.3 is 5.97 Å². The number of nitrogens with one attached hydrogen (secondary N) is 1. The average Bonchev–Trinajstić information content (AvgIpc) is 3.18. The molecule has 4 rings (SSSR count). The lowest BCUT2D eigenvalue weighted by atomic mass is 9.41. The van der Waals surface area contributed by atoms with Gasteiger partial charge in [0.2, 0.25) is 5.91 Å². The predicted octanol–water partition coefficient (Wildman–Crippen LogP) is 3.59. The molecule has 1 amide bonds. The van der Waals surface area contributed by atoms with Gasteiger partial charge in [-0.1, -0.05) is 34.1 Å². The summed E-state index contributed by atoms with van der Waals surface area (Å²) in [5, 5.41) is 45.5. The van der Waals surface area contributed by atoms with Crippen LogP contribution in [0.3, 0.4) is 0 Å². The number of hydrogen-bond acceptors (Lipinski definition) is 5. The van der Waals surface area contributed by atoms with Crippen molar-refractivity contribution in [3.63, 3.8) is 0 Å². The van der Waals surface area contributed by atoms with Gasteiger partial charge in [0.05, 0.1) is 24.7 Å². The number of aliphatic carboxylic acids is 1. The van der Waals surface area contributed by atoms with Gasteiger partial charge in [0.1, 0.15) is 0 Å². The maximum atomic E-state index is 12.3. The van der Waals surface area contributed by atoms with Crippen molar-refractivity contribution in [3.05, 3.63) is 0 Å². The Bertz CT molecular complexity index is 820. The van der Waals surface area contributed by atoms with E-state index >= 15 is 0 Å². The Morgan fingerprint density at radius 1 is 1.00 bits per heavy atom. The zero-order valence-electron chi connectivity index (χ0n) is 22.7. The molecule has 0 bridgehead atoms. The number of carbonyl (C=O) groups is 2. The molecule has 0 aromatic rings. The highest BCUT2D eigenvalue weighted by molar-refractivity contribution is 5.76. The molecular formula is C29H49NO6.